The van der Waals surface area contributed by atoms with Crippen molar-refractivity contribution in [2.75, 3.05) is 13.4 Å². The van der Waals surface area contributed by atoms with E-state index in [2.05, 4.69) is 10.5 Å². The van der Waals surface area contributed by atoms with Gasteiger partial charge in [0.2, 0.25) is 6.79 Å². The molecule has 0 aromatic heterocycles. The van der Waals surface area contributed by atoms with Crippen LogP contribution in [-0.4, -0.2) is 25.5 Å². The fourth-order valence-electron chi connectivity index (χ4n) is 2.03. The summed E-state index contributed by atoms with van der Waals surface area (Å²) in [5.74, 6) is 1.25. The summed E-state index contributed by atoms with van der Waals surface area (Å²) in [6.07, 6.45) is 1.49. The van der Waals surface area contributed by atoms with Crippen LogP contribution < -0.4 is 19.6 Å². The number of nitrogens with one attached hydrogen (secondary N) is 1. The quantitative estimate of drug-likeness (QED) is 0.669. The first-order valence-electron chi connectivity index (χ1n) is 7.10. The molecule has 7 heteroatoms. The molecule has 2 aromatic rings. The maximum Gasteiger partial charge on any atom is 0.277 e. The van der Waals surface area contributed by atoms with Gasteiger partial charge in [0.05, 0.1) is 11.8 Å². The second-order valence-electron chi connectivity index (χ2n) is 4.80. The van der Waals surface area contributed by atoms with Crippen LogP contribution in [-0.2, 0) is 4.79 Å². The number of benzene rings is 2. The van der Waals surface area contributed by atoms with Gasteiger partial charge >= 0.3 is 0 Å². The minimum atomic E-state index is -0.431. The Labute approximate surface area is 138 Å². The number of para-hydroxylation sites is 1. The second-order valence-corrected chi connectivity index (χ2v) is 4.80. The van der Waals surface area contributed by atoms with E-state index < -0.39 is 5.91 Å². The summed E-state index contributed by atoms with van der Waals surface area (Å²) in [7, 11) is 0. The summed E-state index contributed by atoms with van der Waals surface area (Å²) in [5, 5.41) is 12.8. The highest BCUT2D eigenvalue weighted by molar-refractivity contribution is 5.83. The monoisotopic (exact) mass is 323 g/mol. The average molecular weight is 323 g/mol. The highest BCUT2D eigenvalue weighted by atomic mass is 16.7. The van der Waals surface area contributed by atoms with Crippen LogP contribution in [0, 0.1) is 11.3 Å². The van der Waals surface area contributed by atoms with Gasteiger partial charge in [-0.2, -0.15) is 10.4 Å². The van der Waals surface area contributed by atoms with Crippen LogP contribution in [0.5, 0.6) is 17.2 Å². The molecule has 0 fully saturated rings. The minimum Gasteiger partial charge on any atom is -0.482 e. The minimum absolute atomic E-state index is 0.203. The number of hydrogen-bond donors (Lipinski definition) is 1. The van der Waals surface area contributed by atoms with Gasteiger partial charge in [-0.1, -0.05) is 12.1 Å². The average Bonchev–Trinajstić information content (AvgIpc) is 3.08. The fraction of sp³-hybridized carbons (Fsp3) is 0.118. The van der Waals surface area contributed by atoms with E-state index in [1.165, 1.54) is 6.21 Å². The number of carbonyl (C=O) groups excluding carboxylic acids is 1. The van der Waals surface area contributed by atoms with Crippen LogP contribution in [0.1, 0.15) is 11.1 Å². The normalized spacial score (nSPS) is 12.0. The van der Waals surface area contributed by atoms with Gasteiger partial charge in [0.25, 0.3) is 5.91 Å². The first-order chi connectivity index (χ1) is 11.8. The molecule has 1 aliphatic heterocycles. The molecule has 7 nitrogen and oxygen atoms in total. The second kappa shape index (κ2) is 7.15. The van der Waals surface area contributed by atoms with Gasteiger partial charge in [-0.15, -0.1) is 0 Å². The molecule has 0 bridgehead atoms. The summed E-state index contributed by atoms with van der Waals surface area (Å²) >= 11 is 0. The van der Waals surface area contributed by atoms with Gasteiger partial charge in [0, 0.05) is 0 Å². The molecule has 120 valence electrons. The molecule has 0 aliphatic carbocycles. The molecular weight excluding hydrogens is 310 g/mol. The third-order valence-electron chi connectivity index (χ3n) is 3.17. The lowest BCUT2D eigenvalue weighted by Gasteiger charge is -2.06. The van der Waals surface area contributed by atoms with Crippen molar-refractivity contribution < 1.29 is 19.0 Å². The van der Waals surface area contributed by atoms with Crippen LogP contribution in [0.3, 0.4) is 0 Å². The molecule has 3 rings (SSSR count). The van der Waals surface area contributed by atoms with Gasteiger partial charge in [0.15, 0.2) is 18.1 Å². The Bertz CT molecular complexity index is 827. The van der Waals surface area contributed by atoms with Gasteiger partial charge in [0.1, 0.15) is 11.8 Å². The smallest absolute Gasteiger partial charge is 0.277 e. The number of rotatable bonds is 5. The molecule has 0 spiro atoms. The van der Waals surface area contributed by atoms with E-state index in [-0.39, 0.29) is 13.4 Å². The van der Waals surface area contributed by atoms with Crippen molar-refractivity contribution in [3.63, 3.8) is 0 Å². The van der Waals surface area contributed by atoms with E-state index in [1.807, 2.05) is 6.07 Å². The maximum atomic E-state index is 11.7. The van der Waals surface area contributed by atoms with E-state index in [0.717, 1.165) is 5.56 Å². The SMILES string of the molecule is N#Cc1ccccc1OCC(=O)NN=Cc1ccc2c(c1)OCO2. The van der Waals surface area contributed by atoms with Crippen LogP contribution >= 0.6 is 0 Å². The van der Waals surface area contributed by atoms with Crippen LogP contribution in [0.4, 0.5) is 0 Å². The van der Waals surface area contributed by atoms with Gasteiger partial charge in [-0.3, -0.25) is 4.79 Å². The Balaban J connectivity index is 1.51. The molecule has 24 heavy (non-hydrogen) atoms. The molecule has 0 saturated heterocycles. The summed E-state index contributed by atoms with van der Waals surface area (Å²) in [5.41, 5.74) is 3.49. The molecule has 0 radical (unpaired) electrons. The highest BCUT2D eigenvalue weighted by Crippen LogP contribution is 2.31. The van der Waals surface area contributed by atoms with E-state index >= 15 is 0 Å². The Hall–Kier alpha value is -3.53. The third-order valence-corrected chi connectivity index (χ3v) is 3.17. The molecule has 0 unspecified atom stereocenters. The van der Waals surface area contributed by atoms with Crippen molar-refractivity contribution in [2.24, 2.45) is 5.10 Å². The van der Waals surface area contributed by atoms with E-state index in [4.69, 9.17) is 19.5 Å². The zero-order chi connectivity index (χ0) is 16.8. The predicted molar refractivity (Wildman–Crippen MR) is 85.0 cm³/mol. The van der Waals surface area contributed by atoms with Gasteiger partial charge < -0.3 is 14.2 Å². The molecule has 1 heterocycles. The van der Waals surface area contributed by atoms with Crippen molar-refractivity contribution in [1.82, 2.24) is 5.43 Å². The summed E-state index contributed by atoms with van der Waals surface area (Å²) in [6, 6.07) is 14.0. The van der Waals surface area contributed by atoms with E-state index in [9.17, 15) is 4.79 Å². The lowest BCUT2D eigenvalue weighted by Crippen LogP contribution is -2.24. The third kappa shape index (κ3) is 3.62. The van der Waals surface area contributed by atoms with Gasteiger partial charge in [-0.05, 0) is 35.9 Å². The van der Waals surface area contributed by atoms with Crippen LogP contribution in [0.25, 0.3) is 0 Å². The lowest BCUT2D eigenvalue weighted by atomic mass is 10.2. The summed E-state index contributed by atoms with van der Waals surface area (Å²) in [4.78, 5) is 11.7. The zero-order valence-electron chi connectivity index (χ0n) is 12.6. The number of ether oxygens (including phenoxy) is 3. The molecule has 0 atom stereocenters. The number of carbonyl (C=O) groups is 1. The highest BCUT2D eigenvalue weighted by Gasteiger charge is 2.12. The Morgan fingerprint density at radius 2 is 2.12 bits per heavy atom. The van der Waals surface area contributed by atoms with E-state index in [1.54, 1.807) is 42.5 Å². The van der Waals surface area contributed by atoms with Crippen molar-refractivity contribution in [3.05, 3.63) is 53.6 Å². The predicted octanol–water partition coefficient (Wildman–Crippen LogP) is 1.82. The van der Waals surface area contributed by atoms with E-state index in [0.29, 0.717) is 22.8 Å². The molecule has 1 N–H and O–H groups in total. The Kier molecular flexibility index (Phi) is 4.58. The fourth-order valence-corrected chi connectivity index (χ4v) is 2.03. The molecule has 2 aromatic carbocycles. The number of nitrogens with zero attached hydrogens (tertiary/aromatic N) is 2. The van der Waals surface area contributed by atoms with Crippen molar-refractivity contribution >= 4 is 12.1 Å². The van der Waals surface area contributed by atoms with Crippen molar-refractivity contribution in [1.29, 1.82) is 5.26 Å². The zero-order valence-corrected chi connectivity index (χ0v) is 12.6. The van der Waals surface area contributed by atoms with Gasteiger partial charge in [-0.25, -0.2) is 5.43 Å². The lowest BCUT2D eigenvalue weighted by molar-refractivity contribution is -0.123. The topological polar surface area (TPSA) is 92.9 Å². The first-order valence-corrected chi connectivity index (χ1v) is 7.10. The number of hydrogen-bond acceptors (Lipinski definition) is 6. The van der Waals surface area contributed by atoms with Crippen LogP contribution in [0.15, 0.2) is 47.6 Å². The number of nitriles is 1. The standard InChI is InChI=1S/C17H13N3O4/c18-8-13-3-1-2-4-14(13)22-10-17(21)20-19-9-12-5-6-15-16(7-12)24-11-23-15/h1-7,9H,10-11H2,(H,20,21). The van der Waals surface area contributed by atoms with Crippen molar-refractivity contribution in [2.45, 2.75) is 0 Å². The molecular formula is C17H13N3O4. The number of fused-ring (bicyclic) bond motifs is 1. The summed E-state index contributed by atoms with van der Waals surface area (Å²) in [6.45, 7) is -0.0364. The molecule has 0 saturated carbocycles. The van der Waals surface area contributed by atoms with Crippen molar-refractivity contribution in [3.8, 4) is 23.3 Å². The Morgan fingerprint density at radius 1 is 1.29 bits per heavy atom. The largest absolute Gasteiger partial charge is 0.482 e. The molecule has 1 amide bonds. The van der Waals surface area contributed by atoms with Crippen LogP contribution in [0.2, 0.25) is 0 Å². The molecule has 1 aliphatic rings. The maximum absolute atomic E-state index is 11.7. The first kappa shape index (κ1) is 15.4. The number of amides is 1. The number of hydrazone groups is 1. The summed E-state index contributed by atoms with van der Waals surface area (Å²) < 4.78 is 15.8. The Morgan fingerprint density at radius 3 is 3.00 bits per heavy atom.